The first-order chi connectivity index (χ1) is 10.7. The summed E-state index contributed by atoms with van der Waals surface area (Å²) in [5, 5.41) is 9.08. The molecule has 1 aromatic carbocycles. The number of hydrogen-bond donors (Lipinski definition) is 2. The number of aromatic nitrogens is 2. The Kier molecular flexibility index (Phi) is 3.78. The van der Waals surface area contributed by atoms with Crippen molar-refractivity contribution in [3.05, 3.63) is 42.7 Å². The summed E-state index contributed by atoms with van der Waals surface area (Å²) in [5.41, 5.74) is 1.43. The van der Waals surface area contributed by atoms with E-state index in [0.717, 1.165) is 5.69 Å². The van der Waals surface area contributed by atoms with Crippen LogP contribution in [0.25, 0.3) is 0 Å². The Bertz CT molecular complexity index is 656. The topological polar surface area (TPSA) is 81.3 Å². The molecular formula is C15H17N5O2. The highest BCUT2D eigenvalue weighted by molar-refractivity contribution is 6.02. The number of urea groups is 1. The van der Waals surface area contributed by atoms with Crippen molar-refractivity contribution in [2.75, 3.05) is 23.8 Å². The number of rotatable bonds is 3. The van der Waals surface area contributed by atoms with Crippen molar-refractivity contribution in [2.24, 2.45) is 0 Å². The van der Waals surface area contributed by atoms with Crippen LogP contribution >= 0.6 is 0 Å². The summed E-state index contributed by atoms with van der Waals surface area (Å²) in [7, 11) is 1.63. The van der Waals surface area contributed by atoms with Crippen molar-refractivity contribution in [3.63, 3.8) is 0 Å². The van der Waals surface area contributed by atoms with Crippen LogP contribution in [-0.4, -0.2) is 46.7 Å². The van der Waals surface area contributed by atoms with E-state index in [1.165, 1.54) is 11.1 Å². The fraction of sp³-hybridized carbons (Fsp3) is 0.267. The largest absolute Gasteiger partial charge is 0.322 e. The van der Waals surface area contributed by atoms with Gasteiger partial charge in [-0.3, -0.25) is 9.89 Å². The maximum Gasteiger partial charge on any atom is 0.322 e. The Morgan fingerprint density at radius 3 is 2.86 bits per heavy atom. The number of nitrogens with zero attached hydrogens (tertiary/aromatic N) is 3. The number of hydrogen-bond acceptors (Lipinski definition) is 3. The van der Waals surface area contributed by atoms with E-state index in [2.05, 4.69) is 15.5 Å². The van der Waals surface area contributed by atoms with Crippen LogP contribution < -0.4 is 10.2 Å². The maximum absolute atomic E-state index is 12.5. The Balaban J connectivity index is 1.68. The molecule has 114 valence electrons. The van der Waals surface area contributed by atoms with E-state index in [-0.39, 0.29) is 11.9 Å². The Morgan fingerprint density at radius 1 is 1.41 bits per heavy atom. The lowest BCUT2D eigenvalue weighted by molar-refractivity contribution is -0.120. The number of H-pyrrole nitrogens is 1. The molecule has 1 aliphatic heterocycles. The van der Waals surface area contributed by atoms with Crippen molar-refractivity contribution < 1.29 is 9.59 Å². The average Bonchev–Trinajstić information content (AvgIpc) is 3.17. The minimum absolute atomic E-state index is 0.0592. The molecule has 0 saturated carbocycles. The van der Waals surface area contributed by atoms with Gasteiger partial charge < -0.3 is 15.1 Å². The van der Waals surface area contributed by atoms with Gasteiger partial charge in [-0.15, -0.1) is 0 Å². The summed E-state index contributed by atoms with van der Waals surface area (Å²) in [4.78, 5) is 27.9. The summed E-state index contributed by atoms with van der Waals surface area (Å²) in [5.74, 6) is -0.0592. The van der Waals surface area contributed by atoms with Gasteiger partial charge in [-0.2, -0.15) is 5.10 Å². The summed E-state index contributed by atoms with van der Waals surface area (Å²) >= 11 is 0. The highest BCUT2D eigenvalue weighted by atomic mass is 16.2. The standard InChI is InChI=1S/C15H17N5O2/c1-19(15(22)18-11-9-16-17-10-11)13-7-8-20(14(13)21)12-5-3-2-4-6-12/h2-6,9-10,13H,7-8H2,1H3,(H,16,17)(H,18,22). The summed E-state index contributed by atoms with van der Waals surface area (Å²) in [6.45, 7) is 0.608. The number of anilines is 2. The molecule has 7 heteroatoms. The van der Waals surface area contributed by atoms with Crippen molar-refractivity contribution in [2.45, 2.75) is 12.5 Å². The Morgan fingerprint density at radius 2 is 2.18 bits per heavy atom. The fourth-order valence-corrected chi connectivity index (χ4v) is 2.56. The second-order valence-electron chi connectivity index (χ2n) is 5.16. The predicted octanol–water partition coefficient (Wildman–Crippen LogP) is 1.68. The molecule has 2 heterocycles. The molecule has 1 aromatic heterocycles. The van der Waals surface area contributed by atoms with Crippen LogP contribution in [0.2, 0.25) is 0 Å². The third-order valence-corrected chi connectivity index (χ3v) is 3.78. The van der Waals surface area contributed by atoms with Gasteiger partial charge in [-0.05, 0) is 18.6 Å². The molecule has 0 radical (unpaired) electrons. The molecule has 1 unspecified atom stereocenters. The van der Waals surface area contributed by atoms with Crippen molar-refractivity contribution in [1.29, 1.82) is 0 Å². The highest BCUT2D eigenvalue weighted by Crippen LogP contribution is 2.23. The molecule has 1 atom stereocenters. The van der Waals surface area contributed by atoms with Crippen LogP contribution in [0.1, 0.15) is 6.42 Å². The van der Waals surface area contributed by atoms with Gasteiger partial charge in [-0.25, -0.2) is 4.79 Å². The van der Waals surface area contributed by atoms with E-state index in [1.54, 1.807) is 18.1 Å². The van der Waals surface area contributed by atoms with Crippen molar-refractivity contribution in [1.82, 2.24) is 15.1 Å². The van der Waals surface area contributed by atoms with Crippen LogP contribution in [0.4, 0.5) is 16.2 Å². The van der Waals surface area contributed by atoms with Crippen LogP contribution in [-0.2, 0) is 4.79 Å². The summed E-state index contributed by atoms with van der Waals surface area (Å²) < 4.78 is 0. The Hall–Kier alpha value is -2.83. The zero-order valence-corrected chi connectivity index (χ0v) is 12.2. The van der Waals surface area contributed by atoms with E-state index >= 15 is 0 Å². The average molecular weight is 299 g/mol. The van der Waals surface area contributed by atoms with E-state index in [4.69, 9.17) is 0 Å². The van der Waals surface area contributed by atoms with Gasteiger partial charge in [0.1, 0.15) is 6.04 Å². The molecule has 22 heavy (non-hydrogen) atoms. The lowest BCUT2D eigenvalue weighted by atomic mass is 10.2. The van der Waals surface area contributed by atoms with E-state index in [1.807, 2.05) is 30.3 Å². The van der Waals surface area contributed by atoms with Crippen molar-refractivity contribution in [3.8, 4) is 0 Å². The zero-order valence-electron chi connectivity index (χ0n) is 12.2. The molecule has 1 aliphatic rings. The molecule has 0 bridgehead atoms. The first-order valence-corrected chi connectivity index (χ1v) is 7.06. The SMILES string of the molecule is CN(C(=O)Nc1cn[nH]c1)C1CCN(c2ccccc2)C1=O. The lowest BCUT2D eigenvalue weighted by Crippen LogP contribution is -2.44. The zero-order chi connectivity index (χ0) is 15.5. The monoisotopic (exact) mass is 299 g/mol. The van der Waals surface area contributed by atoms with Crippen LogP contribution in [0, 0.1) is 0 Å². The molecule has 0 spiro atoms. The van der Waals surface area contributed by atoms with Gasteiger partial charge in [0.25, 0.3) is 0 Å². The molecular weight excluding hydrogens is 282 g/mol. The normalized spacial score (nSPS) is 17.6. The quantitative estimate of drug-likeness (QED) is 0.904. The van der Waals surface area contributed by atoms with Crippen LogP contribution in [0.15, 0.2) is 42.7 Å². The molecule has 7 nitrogen and oxygen atoms in total. The van der Waals surface area contributed by atoms with E-state index < -0.39 is 6.04 Å². The highest BCUT2D eigenvalue weighted by Gasteiger charge is 2.37. The van der Waals surface area contributed by atoms with E-state index in [9.17, 15) is 9.59 Å². The minimum atomic E-state index is -0.452. The van der Waals surface area contributed by atoms with Gasteiger partial charge >= 0.3 is 6.03 Å². The molecule has 1 saturated heterocycles. The van der Waals surface area contributed by atoms with Crippen LogP contribution in [0.5, 0.6) is 0 Å². The number of carbonyl (C=O) groups excluding carboxylic acids is 2. The molecule has 0 aliphatic carbocycles. The Labute approximate surface area is 127 Å². The fourth-order valence-electron chi connectivity index (χ4n) is 2.56. The lowest BCUT2D eigenvalue weighted by Gasteiger charge is -2.24. The number of para-hydroxylation sites is 1. The molecule has 1 fully saturated rings. The molecule has 3 rings (SSSR count). The van der Waals surface area contributed by atoms with Crippen LogP contribution in [0.3, 0.4) is 0 Å². The van der Waals surface area contributed by atoms with Gasteiger partial charge in [0.15, 0.2) is 0 Å². The first kappa shape index (κ1) is 14.1. The summed E-state index contributed by atoms with van der Waals surface area (Å²) in [6.07, 6.45) is 3.71. The number of amides is 3. The third kappa shape index (κ3) is 2.65. The van der Waals surface area contributed by atoms with Crippen molar-refractivity contribution >= 4 is 23.3 Å². The number of carbonyl (C=O) groups is 2. The van der Waals surface area contributed by atoms with E-state index in [0.29, 0.717) is 18.7 Å². The smallest absolute Gasteiger partial charge is 0.315 e. The maximum atomic E-state index is 12.5. The molecule has 2 aromatic rings. The molecule has 3 amide bonds. The second-order valence-corrected chi connectivity index (χ2v) is 5.16. The number of aromatic amines is 1. The van der Waals surface area contributed by atoms with Gasteiger partial charge in [-0.1, -0.05) is 18.2 Å². The minimum Gasteiger partial charge on any atom is -0.315 e. The van der Waals surface area contributed by atoms with Gasteiger partial charge in [0.05, 0.1) is 11.9 Å². The third-order valence-electron chi connectivity index (χ3n) is 3.78. The summed E-state index contributed by atoms with van der Waals surface area (Å²) in [6, 6.07) is 8.71. The second kappa shape index (κ2) is 5.88. The number of benzene rings is 1. The van der Waals surface area contributed by atoms with Gasteiger partial charge in [0.2, 0.25) is 5.91 Å². The number of likely N-dealkylation sites (N-methyl/N-ethyl adjacent to an activating group) is 1. The predicted molar refractivity (Wildman–Crippen MR) is 82.6 cm³/mol. The first-order valence-electron chi connectivity index (χ1n) is 7.06. The molecule has 2 N–H and O–H groups in total. The number of nitrogens with one attached hydrogen (secondary N) is 2. The van der Waals surface area contributed by atoms with Gasteiger partial charge in [0, 0.05) is 25.5 Å².